The van der Waals surface area contributed by atoms with Gasteiger partial charge in [0.1, 0.15) is 0 Å². The van der Waals surface area contributed by atoms with Gasteiger partial charge in [0.05, 0.1) is 18.5 Å². The summed E-state index contributed by atoms with van der Waals surface area (Å²) < 4.78 is 34.8. The van der Waals surface area contributed by atoms with Crippen LogP contribution in [-0.4, -0.2) is 67.6 Å². The number of carbonyl (C=O) groups is 3. The van der Waals surface area contributed by atoms with Gasteiger partial charge < -0.3 is 20.3 Å². The highest BCUT2D eigenvalue weighted by atomic mass is 32.2. The third-order valence-electron chi connectivity index (χ3n) is 4.19. The van der Waals surface area contributed by atoms with Gasteiger partial charge in [-0.2, -0.15) is 8.42 Å². The van der Waals surface area contributed by atoms with Gasteiger partial charge in [0.15, 0.2) is 6.10 Å². The quantitative estimate of drug-likeness (QED) is 0.201. The SMILES string of the molecule is CC(=O)NCCCS(=O)(=O)OC(CCOC(=O)CC(C)C)C(C)(C)[C@@H](O)C(=O)O. The van der Waals surface area contributed by atoms with Crippen LogP contribution in [-0.2, 0) is 33.4 Å². The first-order chi connectivity index (χ1) is 13.2. The van der Waals surface area contributed by atoms with Gasteiger partial charge in [-0.3, -0.25) is 13.8 Å². The molecular weight excluding hydrogens is 406 g/mol. The number of nitrogens with one attached hydrogen (secondary N) is 1. The molecule has 0 radical (unpaired) electrons. The van der Waals surface area contributed by atoms with Gasteiger partial charge in [-0.15, -0.1) is 0 Å². The molecule has 3 N–H and O–H groups in total. The second-order valence-electron chi connectivity index (χ2n) is 7.85. The van der Waals surface area contributed by atoms with Crippen molar-refractivity contribution in [3.8, 4) is 0 Å². The Morgan fingerprint density at radius 3 is 2.24 bits per heavy atom. The van der Waals surface area contributed by atoms with Crippen molar-refractivity contribution < 1.29 is 41.9 Å². The van der Waals surface area contributed by atoms with E-state index >= 15 is 0 Å². The smallest absolute Gasteiger partial charge is 0.333 e. The second-order valence-corrected chi connectivity index (χ2v) is 9.57. The van der Waals surface area contributed by atoms with E-state index in [1.165, 1.54) is 20.8 Å². The summed E-state index contributed by atoms with van der Waals surface area (Å²) in [6, 6.07) is 0. The number of aliphatic hydroxyl groups is 1. The third kappa shape index (κ3) is 11.1. The molecule has 0 saturated heterocycles. The van der Waals surface area contributed by atoms with E-state index in [1.54, 1.807) is 0 Å². The molecule has 0 aliphatic rings. The lowest BCUT2D eigenvalue weighted by Crippen LogP contribution is -2.47. The van der Waals surface area contributed by atoms with Crippen molar-refractivity contribution in [2.45, 2.75) is 66.1 Å². The van der Waals surface area contributed by atoms with Crippen molar-refractivity contribution in [3.63, 3.8) is 0 Å². The van der Waals surface area contributed by atoms with Gasteiger partial charge in [0.2, 0.25) is 5.91 Å². The van der Waals surface area contributed by atoms with Gasteiger partial charge >= 0.3 is 11.9 Å². The largest absolute Gasteiger partial charge is 0.479 e. The Kier molecular flexibility index (Phi) is 11.4. The zero-order valence-electron chi connectivity index (χ0n) is 17.6. The third-order valence-corrected chi connectivity index (χ3v) is 5.51. The Morgan fingerprint density at radius 2 is 1.76 bits per heavy atom. The molecule has 0 aromatic rings. The first kappa shape index (κ1) is 27.3. The molecule has 0 saturated carbocycles. The predicted molar refractivity (Wildman–Crippen MR) is 104 cm³/mol. The van der Waals surface area contributed by atoms with E-state index in [4.69, 9.17) is 14.0 Å². The number of hydrogen-bond acceptors (Lipinski definition) is 8. The normalized spacial score (nSPS) is 14.3. The molecule has 0 heterocycles. The van der Waals surface area contributed by atoms with Crippen molar-refractivity contribution in [1.29, 1.82) is 0 Å². The summed E-state index contributed by atoms with van der Waals surface area (Å²) in [5.74, 6) is -2.60. The van der Waals surface area contributed by atoms with Crippen LogP contribution in [0.25, 0.3) is 0 Å². The molecule has 29 heavy (non-hydrogen) atoms. The number of carbonyl (C=O) groups excluding carboxylic acids is 2. The van der Waals surface area contributed by atoms with Crippen molar-refractivity contribution in [2.75, 3.05) is 18.9 Å². The molecule has 0 fully saturated rings. The van der Waals surface area contributed by atoms with Gasteiger partial charge in [0, 0.05) is 31.7 Å². The predicted octanol–water partition coefficient (Wildman–Crippen LogP) is 0.679. The molecule has 0 bridgehead atoms. The number of aliphatic hydroxyl groups excluding tert-OH is 1. The molecule has 0 aromatic carbocycles. The molecule has 2 atom stereocenters. The van der Waals surface area contributed by atoms with Crippen LogP contribution < -0.4 is 5.32 Å². The fraction of sp³-hybridized carbons (Fsp3) is 0.833. The number of carboxylic acid groups (broad SMARTS) is 1. The average molecular weight is 440 g/mol. The number of amides is 1. The zero-order chi connectivity index (χ0) is 22.8. The fourth-order valence-corrected chi connectivity index (χ4v) is 3.74. The first-order valence-corrected chi connectivity index (χ1v) is 11.0. The highest BCUT2D eigenvalue weighted by Crippen LogP contribution is 2.32. The molecule has 0 aliphatic carbocycles. The molecular formula is C18H33NO9S. The minimum absolute atomic E-state index is 0.0869. The summed E-state index contributed by atoms with van der Waals surface area (Å²) in [5, 5.41) is 21.6. The van der Waals surface area contributed by atoms with Gasteiger partial charge in [-0.05, 0) is 12.3 Å². The van der Waals surface area contributed by atoms with Crippen molar-refractivity contribution in [2.24, 2.45) is 11.3 Å². The number of rotatable bonds is 14. The lowest BCUT2D eigenvalue weighted by molar-refractivity contribution is -0.159. The maximum Gasteiger partial charge on any atom is 0.333 e. The summed E-state index contributed by atoms with van der Waals surface area (Å²) in [7, 11) is -4.09. The topological polar surface area (TPSA) is 156 Å². The van der Waals surface area contributed by atoms with E-state index in [0.29, 0.717) is 0 Å². The fourth-order valence-electron chi connectivity index (χ4n) is 2.45. The molecule has 0 spiro atoms. The van der Waals surface area contributed by atoms with Gasteiger partial charge in [-0.25, -0.2) is 4.79 Å². The van der Waals surface area contributed by atoms with Crippen LogP contribution in [0.15, 0.2) is 0 Å². The van der Waals surface area contributed by atoms with E-state index in [2.05, 4.69) is 5.32 Å². The van der Waals surface area contributed by atoms with Crippen LogP contribution in [0, 0.1) is 11.3 Å². The van der Waals surface area contributed by atoms with Crippen LogP contribution in [0.1, 0.15) is 53.9 Å². The van der Waals surface area contributed by atoms with Crippen LogP contribution in [0.5, 0.6) is 0 Å². The van der Waals surface area contributed by atoms with Crippen molar-refractivity contribution in [3.05, 3.63) is 0 Å². The average Bonchev–Trinajstić information content (AvgIpc) is 2.56. The van der Waals surface area contributed by atoms with E-state index in [0.717, 1.165) is 0 Å². The number of aliphatic carboxylic acids is 1. The highest BCUT2D eigenvalue weighted by molar-refractivity contribution is 7.86. The molecule has 170 valence electrons. The monoisotopic (exact) mass is 439 g/mol. The number of esters is 1. The number of hydrogen-bond donors (Lipinski definition) is 3. The molecule has 1 amide bonds. The molecule has 0 aromatic heterocycles. The molecule has 1 unspecified atom stereocenters. The maximum absolute atomic E-state index is 12.3. The summed E-state index contributed by atoms with van der Waals surface area (Å²) in [5.41, 5.74) is -1.49. The second kappa shape index (κ2) is 12.1. The van der Waals surface area contributed by atoms with Crippen LogP contribution in [0.2, 0.25) is 0 Å². The first-order valence-electron chi connectivity index (χ1n) is 9.41. The molecule has 0 aliphatic heterocycles. The van der Waals surface area contributed by atoms with Crippen LogP contribution >= 0.6 is 0 Å². The Morgan fingerprint density at radius 1 is 1.17 bits per heavy atom. The minimum Gasteiger partial charge on any atom is -0.479 e. The summed E-state index contributed by atoms with van der Waals surface area (Å²) in [6.45, 7) is 7.65. The number of ether oxygens (including phenoxy) is 1. The molecule has 10 nitrogen and oxygen atoms in total. The van der Waals surface area contributed by atoms with E-state index in [1.807, 2.05) is 13.8 Å². The minimum atomic E-state index is -4.09. The van der Waals surface area contributed by atoms with E-state index in [-0.39, 0.29) is 44.2 Å². The Balaban J connectivity index is 5.14. The molecule has 0 rings (SSSR count). The van der Waals surface area contributed by atoms with E-state index < -0.39 is 45.4 Å². The summed E-state index contributed by atoms with van der Waals surface area (Å²) in [6.07, 6.45) is -2.97. The number of carboxylic acids is 1. The Labute approximate surface area is 172 Å². The van der Waals surface area contributed by atoms with Gasteiger partial charge in [0.25, 0.3) is 10.1 Å². The zero-order valence-corrected chi connectivity index (χ0v) is 18.5. The lowest BCUT2D eigenvalue weighted by atomic mass is 9.79. The maximum atomic E-state index is 12.3. The lowest BCUT2D eigenvalue weighted by Gasteiger charge is -2.35. The molecule has 11 heteroatoms. The van der Waals surface area contributed by atoms with Crippen molar-refractivity contribution in [1.82, 2.24) is 5.32 Å². The van der Waals surface area contributed by atoms with Gasteiger partial charge in [-0.1, -0.05) is 27.7 Å². The van der Waals surface area contributed by atoms with Crippen LogP contribution in [0.3, 0.4) is 0 Å². The van der Waals surface area contributed by atoms with Crippen LogP contribution in [0.4, 0.5) is 0 Å². The van der Waals surface area contributed by atoms with E-state index in [9.17, 15) is 27.9 Å². The standard InChI is InChI=1S/C18H33NO9S/c1-12(2)11-15(21)27-9-7-14(18(4,5)16(22)17(23)24)28-29(25,26)10-6-8-19-13(3)20/h12,14,16,22H,6-11H2,1-5H3,(H,19,20)(H,23,24)/t14?,16-/m0/s1. The summed E-state index contributed by atoms with van der Waals surface area (Å²) in [4.78, 5) is 33.7. The van der Waals surface area contributed by atoms with Crippen molar-refractivity contribution >= 4 is 28.0 Å². The Bertz CT molecular complexity index is 658. The summed E-state index contributed by atoms with van der Waals surface area (Å²) >= 11 is 0. The highest BCUT2D eigenvalue weighted by Gasteiger charge is 2.43. The Hall–Kier alpha value is -1.72.